The Kier molecular flexibility index (Phi) is 2.32. The molecule has 6 heteroatoms. The van der Waals surface area contributed by atoms with Gasteiger partial charge in [0.15, 0.2) is 19.4 Å². The SMILES string of the molecule is C[N+](=O)c1cc(Cl)c2c(c1)NC(=O)CO2. The van der Waals surface area contributed by atoms with Crippen LogP contribution in [-0.4, -0.2) is 24.3 Å². The largest absolute Gasteiger partial charge is 0.480 e. The molecular formula is C9H8ClN2O3+. The van der Waals surface area contributed by atoms with E-state index < -0.39 is 0 Å². The molecule has 0 saturated carbocycles. The van der Waals surface area contributed by atoms with E-state index in [1.165, 1.54) is 19.2 Å². The van der Waals surface area contributed by atoms with Crippen molar-refractivity contribution in [3.63, 3.8) is 0 Å². The fraction of sp³-hybridized carbons (Fsp3) is 0.222. The third-order valence-electron chi connectivity index (χ3n) is 2.01. The lowest BCUT2D eigenvalue weighted by atomic mass is 10.2. The van der Waals surface area contributed by atoms with Gasteiger partial charge in [-0.3, -0.25) is 4.79 Å². The number of nitrogens with one attached hydrogen (secondary N) is 1. The second kappa shape index (κ2) is 3.51. The number of ether oxygens (including phenoxy) is 1. The first-order valence-electron chi connectivity index (χ1n) is 4.25. The quantitative estimate of drug-likeness (QED) is 0.743. The molecule has 78 valence electrons. The summed E-state index contributed by atoms with van der Waals surface area (Å²) in [4.78, 5) is 22.1. The van der Waals surface area contributed by atoms with Crippen LogP contribution in [0, 0.1) is 4.91 Å². The number of benzene rings is 1. The normalized spacial score (nSPS) is 13.9. The van der Waals surface area contributed by atoms with Gasteiger partial charge in [0.1, 0.15) is 0 Å². The van der Waals surface area contributed by atoms with E-state index in [9.17, 15) is 9.70 Å². The van der Waals surface area contributed by atoms with Gasteiger partial charge in [0.2, 0.25) is 0 Å². The maximum Gasteiger partial charge on any atom is 0.262 e. The molecule has 1 heterocycles. The molecule has 1 amide bonds. The molecule has 0 fully saturated rings. The molecule has 1 aliphatic heterocycles. The van der Waals surface area contributed by atoms with E-state index >= 15 is 0 Å². The highest BCUT2D eigenvalue weighted by atomic mass is 35.5. The fourth-order valence-electron chi connectivity index (χ4n) is 1.32. The molecule has 1 aliphatic rings. The predicted octanol–water partition coefficient (Wildman–Crippen LogP) is 1.71. The summed E-state index contributed by atoms with van der Waals surface area (Å²) in [5.74, 6) is 0.145. The number of carbonyl (C=O) groups is 1. The summed E-state index contributed by atoms with van der Waals surface area (Å²) in [6.45, 7) is -0.0563. The van der Waals surface area contributed by atoms with Gasteiger partial charge in [-0.25, -0.2) is 0 Å². The maximum atomic E-state index is 11.1. The summed E-state index contributed by atoms with van der Waals surface area (Å²) in [7, 11) is 1.35. The van der Waals surface area contributed by atoms with E-state index in [4.69, 9.17) is 16.3 Å². The third-order valence-corrected chi connectivity index (χ3v) is 2.29. The highest BCUT2D eigenvalue weighted by Crippen LogP contribution is 2.38. The minimum absolute atomic E-state index is 0.0563. The summed E-state index contributed by atoms with van der Waals surface area (Å²) in [6.07, 6.45) is 0. The Labute approximate surface area is 90.6 Å². The second-order valence-corrected chi connectivity index (χ2v) is 3.55. The molecule has 0 radical (unpaired) electrons. The van der Waals surface area contributed by atoms with Gasteiger partial charge in [-0.2, -0.15) is 0 Å². The number of hydrogen-bond donors (Lipinski definition) is 1. The van der Waals surface area contributed by atoms with E-state index in [0.29, 0.717) is 26.9 Å². The number of fused-ring (bicyclic) bond motifs is 1. The van der Waals surface area contributed by atoms with Crippen LogP contribution < -0.4 is 10.1 Å². The van der Waals surface area contributed by atoms with Gasteiger partial charge in [0, 0.05) is 21.8 Å². The summed E-state index contributed by atoms with van der Waals surface area (Å²) in [6, 6.07) is 3.01. The number of rotatable bonds is 1. The zero-order valence-electron chi connectivity index (χ0n) is 7.91. The third kappa shape index (κ3) is 1.78. The van der Waals surface area contributed by atoms with Crippen molar-refractivity contribution < 1.29 is 14.3 Å². The summed E-state index contributed by atoms with van der Waals surface area (Å²) >= 11 is 5.90. The molecule has 1 aromatic rings. The molecule has 0 saturated heterocycles. The summed E-state index contributed by atoms with van der Waals surface area (Å²) in [5, 5.41) is 2.89. The molecule has 0 spiro atoms. The van der Waals surface area contributed by atoms with Crippen LogP contribution in [0.2, 0.25) is 5.02 Å². The van der Waals surface area contributed by atoms with Crippen molar-refractivity contribution in [1.29, 1.82) is 0 Å². The second-order valence-electron chi connectivity index (χ2n) is 3.14. The van der Waals surface area contributed by atoms with E-state index in [2.05, 4.69) is 5.32 Å². The summed E-state index contributed by atoms with van der Waals surface area (Å²) in [5.41, 5.74) is 0.793. The zero-order valence-corrected chi connectivity index (χ0v) is 8.67. The van der Waals surface area contributed by atoms with Crippen LogP contribution in [0.15, 0.2) is 12.1 Å². The lowest BCUT2D eigenvalue weighted by Gasteiger charge is -2.18. The number of nitrogens with zero attached hydrogens (tertiary/aromatic N) is 1. The monoisotopic (exact) mass is 227 g/mol. The molecule has 0 bridgehead atoms. The topological polar surface area (TPSA) is 58.4 Å². The molecule has 1 N–H and O–H groups in total. The number of hydrogen-bond acceptors (Lipinski definition) is 3. The van der Waals surface area contributed by atoms with Gasteiger partial charge in [-0.15, -0.1) is 0 Å². The molecule has 5 nitrogen and oxygen atoms in total. The smallest absolute Gasteiger partial charge is 0.262 e. The minimum atomic E-state index is -0.260. The van der Waals surface area contributed by atoms with Gasteiger partial charge in [0.25, 0.3) is 11.6 Å². The molecular weight excluding hydrogens is 220 g/mol. The van der Waals surface area contributed by atoms with Crippen LogP contribution >= 0.6 is 11.6 Å². The number of nitroso groups, excluding NO2 is 1. The van der Waals surface area contributed by atoms with Crippen molar-refractivity contribution in [1.82, 2.24) is 0 Å². The Morgan fingerprint density at radius 2 is 2.27 bits per heavy atom. The Morgan fingerprint density at radius 3 is 2.93 bits per heavy atom. The molecule has 0 atom stereocenters. The molecule has 0 aliphatic carbocycles. The Bertz CT molecular complexity index is 459. The first-order chi connectivity index (χ1) is 7.08. The molecule has 1 aromatic carbocycles. The lowest BCUT2D eigenvalue weighted by molar-refractivity contribution is -0.428. The van der Waals surface area contributed by atoms with Gasteiger partial charge in [-0.1, -0.05) is 11.6 Å². The van der Waals surface area contributed by atoms with E-state index in [0.717, 1.165) is 0 Å². The van der Waals surface area contributed by atoms with Crippen molar-refractivity contribution in [2.24, 2.45) is 0 Å². The number of carbonyl (C=O) groups excluding carboxylic acids is 1. The van der Waals surface area contributed by atoms with Gasteiger partial charge in [0.05, 0.1) is 10.7 Å². The van der Waals surface area contributed by atoms with Gasteiger partial charge in [-0.05, 0) is 0 Å². The average molecular weight is 228 g/mol. The van der Waals surface area contributed by atoms with Crippen molar-refractivity contribution >= 4 is 28.9 Å². The van der Waals surface area contributed by atoms with Crippen molar-refractivity contribution in [3.05, 3.63) is 22.1 Å². The summed E-state index contributed by atoms with van der Waals surface area (Å²) < 4.78 is 5.80. The molecule has 0 unspecified atom stereocenters. The lowest BCUT2D eigenvalue weighted by Crippen LogP contribution is -2.25. The first kappa shape index (κ1) is 9.92. The minimum Gasteiger partial charge on any atom is -0.480 e. The number of amides is 1. The van der Waals surface area contributed by atoms with E-state index in [-0.39, 0.29) is 12.5 Å². The maximum absolute atomic E-state index is 11.1. The van der Waals surface area contributed by atoms with Crippen LogP contribution in [0.25, 0.3) is 0 Å². The number of halogens is 1. The molecule has 0 aromatic heterocycles. The fourth-order valence-corrected chi connectivity index (χ4v) is 1.59. The van der Waals surface area contributed by atoms with Gasteiger partial charge >= 0.3 is 0 Å². The van der Waals surface area contributed by atoms with Gasteiger partial charge < -0.3 is 10.1 Å². The molecule has 15 heavy (non-hydrogen) atoms. The van der Waals surface area contributed by atoms with Crippen LogP contribution in [0.3, 0.4) is 0 Å². The zero-order chi connectivity index (χ0) is 11.0. The molecule has 2 rings (SSSR count). The standard InChI is InChI=1S/C9H7ClN2O3/c1-12(14)5-2-6(10)9-7(3-5)11-8(13)4-15-9/h2-3H,4H2,1H3/p+1. The number of anilines is 1. The first-order valence-corrected chi connectivity index (χ1v) is 4.63. The average Bonchev–Trinajstić information content (AvgIpc) is 2.16. The Hall–Kier alpha value is -1.62. The van der Waals surface area contributed by atoms with Crippen LogP contribution in [0.5, 0.6) is 5.75 Å². The van der Waals surface area contributed by atoms with Crippen molar-refractivity contribution in [2.45, 2.75) is 0 Å². The Morgan fingerprint density at radius 1 is 1.53 bits per heavy atom. The van der Waals surface area contributed by atoms with E-state index in [1.807, 2.05) is 0 Å². The predicted molar refractivity (Wildman–Crippen MR) is 54.8 cm³/mol. The van der Waals surface area contributed by atoms with Crippen LogP contribution in [0.4, 0.5) is 11.4 Å². The highest BCUT2D eigenvalue weighted by molar-refractivity contribution is 6.33. The van der Waals surface area contributed by atoms with Crippen LogP contribution in [0.1, 0.15) is 0 Å². The van der Waals surface area contributed by atoms with Crippen molar-refractivity contribution in [3.8, 4) is 5.75 Å². The highest BCUT2D eigenvalue weighted by Gasteiger charge is 2.22. The van der Waals surface area contributed by atoms with Crippen molar-refractivity contribution in [2.75, 3.05) is 19.0 Å². The van der Waals surface area contributed by atoms with E-state index in [1.54, 1.807) is 0 Å². The Balaban J connectivity index is 2.53. The van der Waals surface area contributed by atoms with Crippen LogP contribution in [-0.2, 0) is 4.79 Å².